The Labute approximate surface area is 146 Å². The van der Waals surface area contributed by atoms with E-state index in [2.05, 4.69) is 15.7 Å². The molecule has 2 heterocycles. The molecule has 132 valence electrons. The van der Waals surface area contributed by atoms with Crippen LogP contribution in [0.5, 0.6) is 0 Å². The van der Waals surface area contributed by atoms with Gasteiger partial charge in [0, 0.05) is 32.3 Å². The van der Waals surface area contributed by atoms with Crippen LogP contribution in [-0.2, 0) is 21.4 Å². The van der Waals surface area contributed by atoms with Crippen LogP contribution in [0.1, 0.15) is 23.1 Å². The summed E-state index contributed by atoms with van der Waals surface area (Å²) in [5, 5.41) is 10.3. The summed E-state index contributed by atoms with van der Waals surface area (Å²) in [5.74, 6) is -0.885. The highest BCUT2D eigenvalue weighted by Crippen LogP contribution is 2.28. The fraction of sp³-hybridized carbons (Fsp3) is 0.389. The van der Waals surface area contributed by atoms with Crippen molar-refractivity contribution in [2.45, 2.75) is 12.0 Å². The highest BCUT2D eigenvalue weighted by Gasteiger charge is 2.36. The van der Waals surface area contributed by atoms with Crippen molar-refractivity contribution in [2.75, 3.05) is 20.2 Å². The zero-order valence-corrected chi connectivity index (χ0v) is 14.3. The highest BCUT2D eigenvalue weighted by atomic mass is 16.5. The first-order chi connectivity index (χ1) is 12.1. The number of nitrogens with one attached hydrogen (secondary N) is 2. The van der Waals surface area contributed by atoms with Gasteiger partial charge in [0.25, 0.3) is 0 Å². The number of nitrogens with zero attached hydrogens (tertiary/aromatic N) is 2. The van der Waals surface area contributed by atoms with Crippen molar-refractivity contribution < 1.29 is 14.3 Å². The van der Waals surface area contributed by atoms with Crippen LogP contribution in [0.3, 0.4) is 0 Å². The molecular weight excluding hydrogens is 320 g/mol. The van der Waals surface area contributed by atoms with Gasteiger partial charge in [0.15, 0.2) is 6.04 Å². The number of carbonyl (C=O) groups excluding carboxylic acids is 2. The molecule has 2 N–H and O–H groups in total. The second kappa shape index (κ2) is 7.48. The Bertz CT molecular complexity index is 744. The van der Waals surface area contributed by atoms with E-state index in [1.807, 2.05) is 31.4 Å². The molecule has 1 aliphatic rings. The van der Waals surface area contributed by atoms with Crippen molar-refractivity contribution in [1.82, 2.24) is 20.4 Å². The molecule has 1 amide bonds. The zero-order chi connectivity index (χ0) is 17.8. The van der Waals surface area contributed by atoms with Gasteiger partial charge in [-0.3, -0.25) is 9.48 Å². The Morgan fingerprint density at radius 2 is 2.08 bits per heavy atom. The number of amides is 1. The van der Waals surface area contributed by atoms with Crippen LogP contribution in [0.15, 0.2) is 42.7 Å². The molecule has 1 fully saturated rings. The van der Waals surface area contributed by atoms with Crippen LogP contribution in [0.2, 0.25) is 0 Å². The fourth-order valence-electron chi connectivity index (χ4n) is 3.23. The molecule has 0 spiro atoms. The number of aromatic nitrogens is 2. The summed E-state index contributed by atoms with van der Waals surface area (Å²) >= 11 is 0. The lowest BCUT2D eigenvalue weighted by atomic mass is 9.90. The number of hydrogen-bond donors (Lipinski definition) is 2. The molecule has 3 atom stereocenters. The predicted octanol–water partition coefficient (Wildman–Crippen LogP) is 0.754. The van der Waals surface area contributed by atoms with Crippen LogP contribution in [0.4, 0.5) is 0 Å². The molecular formula is C18H22N4O3. The van der Waals surface area contributed by atoms with Crippen molar-refractivity contribution >= 4 is 11.9 Å². The minimum absolute atomic E-state index is 0.0303. The molecule has 3 rings (SSSR count). The van der Waals surface area contributed by atoms with E-state index in [1.54, 1.807) is 23.0 Å². The van der Waals surface area contributed by atoms with Crippen molar-refractivity contribution in [3.63, 3.8) is 0 Å². The molecule has 0 radical (unpaired) electrons. The van der Waals surface area contributed by atoms with Gasteiger partial charge in [0.2, 0.25) is 5.91 Å². The molecule has 1 saturated heterocycles. The average Bonchev–Trinajstić information content (AvgIpc) is 3.28. The summed E-state index contributed by atoms with van der Waals surface area (Å²) < 4.78 is 6.59. The standard InChI is InChI=1S/C18H22N4O3/c1-22-11-13(8-20-22)14-9-19-10-15(14)17(23)21-16(18(24)25-2)12-6-4-3-5-7-12/h3-8,11,14-16,19H,9-10H2,1-2H3,(H,21,23)/t14-,15+,16?/m1/s1. The number of hydrogen-bond acceptors (Lipinski definition) is 5. The number of ether oxygens (including phenoxy) is 1. The first kappa shape index (κ1) is 17.2. The van der Waals surface area contributed by atoms with Gasteiger partial charge in [-0.1, -0.05) is 30.3 Å². The third-order valence-corrected chi connectivity index (χ3v) is 4.56. The summed E-state index contributed by atoms with van der Waals surface area (Å²) in [5.41, 5.74) is 1.72. The Hall–Kier alpha value is -2.67. The van der Waals surface area contributed by atoms with E-state index in [0.29, 0.717) is 18.7 Å². The maximum atomic E-state index is 12.9. The number of methoxy groups -OCH3 is 1. The topological polar surface area (TPSA) is 85.2 Å². The van der Waals surface area contributed by atoms with Gasteiger partial charge in [-0.2, -0.15) is 5.10 Å². The molecule has 0 bridgehead atoms. The number of rotatable bonds is 5. The van der Waals surface area contributed by atoms with Crippen molar-refractivity contribution in [1.29, 1.82) is 0 Å². The van der Waals surface area contributed by atoms with Crippen LogP contribution >= 0.6 is 0 Å². The summed E-state index contributed by atoms with van der Waals surface area (Å²) in [6.45, 7) is 1.27. The Kier molecular flexibility index (Phi) is 5.14. The second-order valence-electron chi connectivity index (χ2n) is 6.19. The van der Waals surface area contributed by atoms with Gasteiger partial charge in [-0.05, 0) is 11.1 Å². The lowest BCUT2D eigenvalue weighted by Gasteiger charge is -2.22. The Morgan fingerprint density at radius 1 is 1.32 bits per heavy atom. The van der Waals surface area contributed by atoms with Gasteiger partial charge in [-0.15, -0.1) is 0 Å². The van der Waals surface area contributed by atoms with Crippen molar-refractivity contribution in [3.8, 4) is 0 Å². The third kappa shape index (κ3) is 3.71. The van der Waals surface area contributed by atoms with E-state index in [0.717, 1.165) is 5.56 Å². The first-order valence-electron chi connectivity index (χ1n) is 8.22. The molecule has 2 aromatic rings. The van der Waals surface area contributed by atoms with Gasteiger partial charge in [0.05, 0.1) is 19.2 Å². The number of esters is 1. The maximum Gasteiger partial charge on any atom is 0.333 e. The summed E-state index contributed by atoms with van der Waals surface area (Å²) in [7, 11) is 3.17. The number of carbonyl (C=O) groups is 2. The summed E-state index contributed by atoms with van der Waals surface area (Å²) in [4.78, 5) is 25.0. The lowest BCUT2D eigenvalue weighted by molar-refractivity contribution is -0.145. The average molecular weight is 342 g/mol. The monoisotopic (exact) mass is 342 g/mol. The SMILES string of the molecule is COC(=O)C(NC(=O)[C@H]1CNC[C@@H]1c1cnn(C)c1)c1ccccc1. The molecule has 1 unspecified atom stereocenters. The molecule has 7 heteroatoms. The minimum Gasteiger partial charge on any atom is -0.467 e. The molecule has 25 heavy (non-hydrogen) atoms. The van der Waals surface area contributed by atoms with E-state index in [1.165, 1.54) is 7.11 Å². The van der Waals surface area contributed by atoms with Gasteiger partial charge < -0.3 is 15.4 Å². The van der Waals surface area contributed by atoms with E-state index in [-0.39, 0.29) is 17.7 Å². The third-order valence-electron chi connectivity index (χ3n) is 4.56. The maximum absolute atomic E-state index is 12.9. The van der Waals surface area contributed by atoms with E-state index in [9.17, 15) is 9.59 Å². The van der Waals surface area contributed by atoms with Crippen LogP contribution in [-0.4, -0.2) is 41.9 Å². The molecule has 1 aromatic heterocycles. The van der Waals surface area contributed by atoms with Gasteiger partial charge in [-0.25, -0.2) is 4.79 Å². The summed E-state index contributed by atoms with van der Waals surface area (Å²) in [6, 6.07) is 8.30. The zero-order valence-electron chi connectivity index (χ0n) is 14.3. The van der Waals surface area contributed by atoms with Crippen LogP contribution in [0, 0.1) is 5.92 Å². The number of aryl methyl sites for hydroxylation is 1. The minimum atomic E-state index is -0.811. The van der Waals surface area contributed by atoms with Gasteiger partial charge >= 0.3 is 5.97 Å². The molecule has 0 aliphatic carbocycles. The van der Waals surface area contributed by atoms with Crippen LogP contribution < -0.4 is 10.6 Å². The molecule has 7 nitrogen and oxygen atoms in total. The lowest BCUT2D eigenvalue weighted by Crippen LogP contribution is -2.40. The van der Waals surface area contributed by atoms with Crippen molar-refractivity contribution in [3.05, 3.63) is 53.9 Å². The molecule has 0 saturated carbocycles. The highest BCUT2D eigenvalue weighted by molar-refractivity contribution is 5.87. The van der Waals surface area contributed by atoms with E-state index in [4.69, 9.17) is 4.74 Å². The second-order valence-corrected chi connectivity index (χ2v) is 6.19. The molecule has 1 aliphatic heterocycles. The van der Waals surface area contributed by atoms with E-state index >= 15 is 0 Å². The Balaban J connectivity index is 1.77. The van der Waals surface area contributed by atoms with Crippen molar-refractivity contribution in [2.24, 2.45) is 13.0 Å². The van der Waals surface area contributed by atoms with E-state index < -0.39 is 12.0 Å². The largest absolute Gasteiger partial charge is 0.467 e. The summed E-state index contributed by atoms with van der Waals surface area (Å²) in [6.07, 6.45) is 3.71. The molecule has 1 aromatic carbocycles. The fourth-order valence-corrected chi connectivity index (χ4v) is 3.23. The predicted molar refractivity (Wildman–Crippen MR) is 91.7 cm³/mol. The number of benzene rings is 1. The Morgan fingerprint density at radius 3 is 2.72 bits per heavy atom. The normalized spacial score (nSPS) is 20.9. The van der Waals surface area contributed by atoms with Crippen LogP contribution in [0.25, 0.3) is 0 Å². The quantitative estimate of drug-likeness (QED) is 0.784. The first-order valence-corrected chi connectivity index (χ1v) is 8.22. The smallest absolute Gasteiger partial charge is 0.333 e. The van der Waals surface area contributed by atoms with Gasteiger partial charge in [0.1, 0.15) is 0 Å².